The lowest BCUT2D eigenvalue weighted by molar-refractivity contribution is -0.110. The molecular formula is C10H12N2O2S. The van der Waals surface area contributed by atoms with Gasteiger partial charge in [-0.3, -0.25) is 4.79 Å². The second-order valence-corrected chi connectivity index (χ2v) is 3.85. The summed E-state index contributed by atoms with van der Waals surface area (Å²) in [5, 5.41) is 4.71. The van der Waals surface area contributed by atoms with Crippen molar-refractivity contribution < 1.29 is 9.59 Å². The van der Waals surface area contributed by atoms with Gasteiger partial charge in [0.25, 0.3) is 0 Å². The maximum Gasteiger partial charge on any atom is 0.314 e. The first kappa shape index (κ1) is 11.6. The summed E-state index contributed by atoms with van der Waals surface area (Å²) in [5.74, 6) is 0. The normalized spacial score (nSPS) is 9.40. The molecule has 0 aliphatic rings. The summed E-state index contributed by atoms with van der Waals surface area (Å²) in [4.78, 5) is 23.0. The number of amides is 2. The highest BCUT2D eigenvalue weighted by atomic mass is 32.2. The lowest BCUT2D eigenvalue weighted by Gasteiger charge is -2.02. The molecule has 0 atom stereocenters. The Morgan fingerprint density at radius 3 is 2.53 bits per heavy atom. The van der Waals surface area contributed by atoms with E-state index in [0.29, 0.717) is 0 Å². The molecule has 2 N–H and O–H groups in total. The van der Waals surface area contributed by atoms with Crippen molar-refractivity contribution in [2.75, 3.05) is 13.6 Å². The Morgan fingerprint density at radius 2 is 1.93 bits per heavy atom. The summed E-state index contributed by atoms with van der Waals surface area (Å²) in [5.41, 5.74) is 0. The van der Waals surface area contributed by atoms with Gasteiger partial charge >= 0.3 is 6.03 Å². The zero-order valence-corrected chi connectivity index (χ0v) is 9.14. The number of urea groups is 1. The third-order valence-corrected chi connectivity index (χ3v) is 2.48. The second kappa shape index (κ2) is 6.08. The fourth-order valence-corrected chi connectivity index (χ4v) is 1.60. The Bertz CT molecular complexity index is 341. The SMILES string of the molecule is CNC(=O)NCC(=O)Sc1ccccc1. The molecule has 1 aromatic rings. The van der Waals surface area contributed by atoms with Crippen LogP contribution in [-0.2, 0) is 4.79 Å². The molecule has 80 valence electrons. The molecule has 0 aliphatic heterocycles. The highest BCUT2D eigenvalue weighted by Gasteiger charge is 2.05. The first-order chi connectivity index (χ1) is 7.22. The van der Waals surface area contributed by atoms with Crippen LogP contribution in [0.25, 0.3) is 0 Å². The Balaban J connectivity index is 2.34. The second-order valence-electron chi connectivity index (χ2n) is 2.72. The van der Waals surface area contributed by atoms with Crippen LogP contribution in [0.1, 0.15) is 0 Å². The lowest BCUT2D eigenvalue weighted by Crippen LogP contribution is -2.35. The first-order valence-electron chi connectivity index (χ1n) is 4.43. The molecule has 0 aliphatic carbocycles. The van der Waals surface area contributed by atoms with Crippen molar-refractivity contribution in [1.82, 2.24) is 10.6 Å². The third-order valence-electron chi connectivity index (χ3n) is 1.60. The van der Waals surface area contributed by atoms with E-state index in [1.54, 1.807) is 0 Å². The minimum absolute atomic E-state index is 0.0270. The molecule has 1 rings (SSSR count). The van der Waals surface area contributed by atoms with Gasteiger partial charge in [0, 0.05) is 11.9 Å². The number of thioether (sulfide) groups is 1. The summed E-state index contributed by atoms with van der Waals surface area (Å²) in [6, 6.07) is 8.96. The van der Waals surface area contributed by atoms with Gasteiger partial charge in [0.2, 0.25) is 5.12 Å². The van der Waals surface area contributed by atoms with E-state index in [1.807, 2.05) is 30.3 Å². The number of rotatable bonds is 3. The number of benzene rings is 1. The van der Waals surface area contributed by atoms with Crippen LogP contribution in [0, 0.1) is 0 Å². The van der Waals surface area contributed by atoms with E-state index in [-0.39, 0.29) is 17.7 Å². The molecule has 0 unspecified atom stereocenters. The Hall–Kier alpha value is -1.49. The minimum atomic E-state index is -0.350. The number of carbonyl (C=O) groups excluding carboxylic acids is 2. The van der Waals surface area contributed by atoms with Crippen molar-refractivity contribution in [2.45, 2.75) is 4.90 Å². The van der Waals surface area contributed by atoms with Crippen LogP contribution in [0.3, 0.4) is 0 Å². The van der Waals surface area contributed by atoms with Crippen molar-refractivity contribution >= 4 is 22.9 Å². The van der Waals surface area contributed by atoms with Crippen LogP contribution in [0.2, 0.25) is 0 Å². The van der Waals surface area contributed by atoms with Crippen molar-refractivity contribution in [3.63, 3.8) is 0 Å². The molecule has 0 fully saturated rings. The van der Waals surface area contributed by atoms with Gasteiger partial charge in [0.05, 0.1) is 6.54 Å². The largest absolute Gasteiger partial charge is 0.341 e. The van der Waals surface area contributed by atoms with E-state index in [2.05, 4.69) is 10.6 Å². The third kappa shape index (κ3) is 4.51. The molecule has 0 saturated carbocycles. The summed E-state index contributed by atoms with van der Waals surface area (Å²) in [7, 11) is 1.50. The summed E-state index contributed by atoms with van der Waals surface area (Å²) in [6.45, 7) is 0.0270. The zero-order valence-electron chi connectivity index (χ0n) is 8.32. The smallest absolute Gasteiger partial charge is 0.314 e. The van der Waals surface area contributed by atoms with Gasteiger partial charge in [-0.15, -0.1) is 0 Å². The van der Waals surface area contributed by atoms with Crippen LogP contribution in [-0.4, -0.2) is 24.7 Å². The quantitative estimate of drug-likeness (QED) is 0.759. The fraction of sp³-hybridized carbons (Fsp3) is 0.200. The molecule has 0 aromatic heterocycles. The van der Waals surface area contributed by atoms with Gasteiger partial charge in [-0.05, 0) is 12.1 Å². The van der Waals surface area contributed by atoms with E-state index < -0.39 is 0 Å². The van der Waals surface area contributed by atoms with Gasteiger partial charge in [-0.25, -0.2) is 4.79 Å². The molecule has 4 nitrogen and oxygen atoms in total. The summed E-state index contributed by atoms with van der Waals surface area (Å²) in [6.07, 6.45) is 0. The highest BCUT2D eigenvalue weighted by molar-refractivity contribution is 8.13. The highest BCUT2D eigenvalue weighted by Crippen LogP contribution is 2.16. The lowest BCUT2D eigenvalue weighted by atomic mass is 10.4. The molecule has 0 radical (unpaired) electrons. The predicted molar refractivity (Wildman–Crippen MR) is 59.8 cm³/mol. The standard InChI is InChI=1S/C10H12N2O2S/c1-11-10(14)12-7-9(13)15-8-5-3-2-4-6-8/h2-6H,7H2,1H3,(H2,11,12,14). The maximum atomic E-state index is 11.4. The number of nitrogens with one attached hydrogen (secondary N) is 2. The topological polar surface area (TPSA) is 58.2 Å². The van der Waals surface area contributed by atoms with E-state index in [0.717, 1.165) is 16.7 Å². The van der Waals surface area contributed by atoms with Crippen LogP contribution < -0.4 is 10.6 Å². The van der Waals surface area contributed by atoms with E-state index in [9.17, 15) is 9.59 Å². The molecule has 2 amide bonds. The molecule has 1 aromatic carbocycles. The monoisotopic (exact) mass is 224 g/mol. The minimum Gasteiger partial charge on any atom is -0.341 e. The predicted octanol–water partition coefficient (Wildman–Crippen LogP) is 1.23. The fourth-order valence-electron chi connectivity index (χ4n) is 0.897. The van der Waals surface area contributed by atoms with Gasteiger partial charge < -0.3 is 10.6 Å². The average Bonchev–Trinajstić information content (AvgIpc) is 2.27. The Morgan fingerprint density at radius 1 is 1.27 bits per heavy atom. The number of hydrogen-bond donors (Lipinski definition) is 2. The van der Waals surface area contributed by atoms with Crippen LogP contribution in [0.15, 0.2) is 35.2 Å². The molecule has 0 spiro atoms. The molecule has 0 saturated heterocycles. The van der Waals surface area contributed by atoms with E-state index >= 15 is 0 Å². The molecule has 0 heterocycles. The molecule has 5 heteroatoms. The Labute approximate surface area is 92.4 Å². The zero-order chi connectivity index (χ0) is 11.1. The maximum absolute atomic E-state index is 11.4. The van der Waals surface area contributed by atoms with Crippen molar-refractivity contribution in [1.29, 1.82) is 0 Å². The van der Waals surface area contributed by atoms with Crippen LogP contribution in [0.5, 0.6) is 0 Å². The average molecular weight is 224 g/mol. The van der Waals surface area contributed by atoms with Crippen LogP contribution in [0.4, 0.5) is 4.79 Å². The van der Waals surface area contributed by atoms with Crippen molar-refractivity contribution in [3.8, 4) is 0 Å². The molecule has 0 bridgehead atoms. The molecule has 15 heavy (non-hydrogen) atoms. The summed E-state index contributed by atoms with van der Waals surface area (Å²) >= 11 is 1.11. The van der Waals surface area contributed by atoms with E-state index in [4.69, 9.17) is 0 Å². The molecular weight excluding hydrogens is 212 g/mol. The van der Waals surface area contributed by atoms with Crippen LogP contribution >= 0.6 is 11.8 Å². The number of hydrogen-bond acceptors (Lipinski definition) is 3. The van der Waals surface area contributed by atoms with Crippen molar-refractivity contribution in [3.05, 3.63) is 30.3 Å². The van der Waals surface area contributed by atoms with Gasteiger partial charge in [-0.1, -0.05) is 30.0 Å². The van der Waals surface area contributed by atoms with Crippen molar-refractivity contribution in [2.24, 2.45) is 0 Å². The van der Waals surface area contributed by atoms with Gasteiger partial charge in [0.1, 0.15) is 0 Å². The van der Waals surface area contributed by atoms with E-state index in [1.165, 1.54) is 7.05 Å². The number of carbonyl (C=O) groups is 2. The van der Waals surface area contributed by atoms with Gasteiger partial charge in [0.15, 0.2) is 0 Å². The Kier molecular flexibility index (Phi) is 4.70. The van der Waals surface area contributed by atoms with Gasteiger partial charge in [-0.2, -0.15) is 0 Å². The first-order valence-corrected chi connectivity index (χ1v) is 5.25. The summed E-state index contributed by atoms with van der Waals surface area (Å²) < 4.78 is 0.